The molecule has 60 valence electrons. The molecule has 0 heterocycles. The molecule has 0 bridgehead atoms. The maximum Gasteiger partial charge on any atom is 0.0664 e. The van der Waals surface area contributed by atoms with Crippen LogP contribution in [0.15, 0.2) is 0 Å². The van der Waals surface area contributed by atoms with Gasteiger partial charge in [0.25, 0.3) is 0 Å². The lowest BCUT2D eigenvalue weighted by atomic mass is 10.1. The van der Waals surface area contributed by atoms with Gasteiger partial charge < -0.3 is 0 Å². The summed E-state index contributed by atoms with van der Waals surface area (Å²) in [7, 11) is -2.04. The molecular weight excluding hydrogens is 149 g/mol. The van der Waals surface area contributed by atoms with E-state index >= 15 is 0 Å². The summed E-state index contributed by atoms with van der Waals surface area (Å²) >= 11 is 0. The van der Waals surface area contributed by atoms with Gasteiger partial charge in [-0.05, 0) is 19.4 Å². The Bertz CT molecular complexity index is 145. The standard InChI is InChI=1S/C7H14FNS/c1-6(5-9)7(2)10(3,4)8/h6-7H,1-4H3. The lowest BCUT2D eigenvalue weighted by molar-refractivity contribution is 0.696. The van der Waals surface area contributed by atoms with Gasteiger partial charge in [0.2, 0.25) is 0 Å². The van der Waals surface area contributed by atoms with Gasteiger partial charge in [-0.25, -0.2) is 0 Å². The third-order valence-electron chi connectivity index (χ3n) is 1.79. The number of nitrogens with zero attached hydrogens (tertiary/aromatic N) is 1. The minimum Gasteiger partial charge on any atom is -0.198 e. The van der Waals surface area contributed by atoms with Crippen molar-refractivity contribution in [2.75, 3.05) is 12.5 Å². The van der Waals surface area contributed by atoms with E-state index in [0.29, 0.717) is 0 Å². The van der Waals surface area contributed by atoms with E-state index in [-0.39, 0.29) is 11.2 Å². The molecule has 2 atom stereocenters. The highest BCUT2D eigenvalue weighted by Crippen LogP contribution is 2.49. The summed E-state index contributed by atoms with van der Waals surface area (Å²) in [4.78, 5) is 0. The van der Waals surface area contributed by atoms with Crippen LogP contribution in [0.4, 0.5) is 3.89 Å². The fraction of sp³-hybridized carbons (Fsp3) is 0.857. The fourth-order valence-electron chi connectivity index (χ4n) is 0.590. The summed E-state index contributed by atoms with van der Waals surface area (Å²) < 4.78 is 13.2. The van der Waals surface area contributed by atoms with Gasteiger partial charge in [-0.2, -0.15) is 9.15 Å². The molecule has 0 aromatic rings. The van der Waals surface area contributed by atoms with E-state index in [4.69, 9.17) is 5.26 Å². The molecule has 0 saturated heterocycles. The SMILES string of the molecule is CC(C#N)C(C)S(C)(C)F. The monoisotopic (exact) mass is 163 g/mol. The van der Waals surface area contributed by atoms with E-state index < -0.39 is 10.4 Å². The first-order chi connectivity index (χ1) is 4.39. The highest BCUT2D eigenvalue weighted by Gasteiger charge is 2.24. The third kappa shape index (κ3) is 2.57. The van der Waals surface area contributed by atoms with Gasteiger partial charge >= 0.3 is 0 Å². The number of hydrogen-bond acceptors (Lipinski definition) is 1. The predicted molar refractivity (Wildman–Crippen MR) is 44.8 cm³/mol. The van der Waals surface area contributed by atoms with Crippen molar-refractivity contribution < 1.29 is 3.89 Å². The van der Waals surface area contributed by atoms with Crippen LogP contribution in [-0.2, 0) is 0 Å². The highest BCUT2D eigenvalue weighted by molar-refractivity contribution is 8.28. The lowest BCUT2D eigenvalue weighted by Gasteiger charge is -2.29. The van der Waals surface area contributed by atoms with Crippen LogP contribution in [0.2, 0.25) is 0 Å². The minimum atomic E-state index is -2.04. The molecule has 0 aliphatic rings. The lowest BCUT2D eigenvalue weighted by Crippen LogP contribution is -2.16. The summed E-state index contributed by atoms with van der Waals surface area (Å²) in [5.74, 6) is -0.171. The van der Waals surface area contributed by atoms with Gasteiger partial charge in [-0.3, -0.25) is 0 Å². The van der Waals surface area contributed by atoms with Crippen LogP contribution in [0.1, 0.15) is 13.8 Å². The summed E-state index contributed by atoms with van der Waals surface area (Å²) in [5.41, 5.74) is 0. The molecule has 1 nitrogen and oxygen atoms in total. The quantitative estimate of drug-likeness (QED) is 0.613. The molecule has 0 N–H and O–H groups in total. The van der Waals surface area contributed by atoms with E-state index in [1.807, 2.05) is 0 Å². The van der Waals surface area contributed by atoms with Crippen LogP contribution in [0, 0.1) is 17.2 Å². The maximum absolute atomic E-state index is 13.2. The van der Waals surface area contributed by atoms with Crippen LogP contribution < -0.4 is 0 Å². The van der Waals surface area contributed by atoms with Crippen molar-refractivity contribution >= 4 is 10.4 Å². The zero-order valence-electron chi connectivity index (χ0n) is 6.89. The average molecular weight is 163 g/mol. The molecule has 3 heteroatoms. The number of rotatable bonds is 2. The molecule has 0 aromatic carbocycles. The molecule has 0 aromatic heterocycles. The first-order valence-electron chi connectivity index (χ1n) is 3.21. The predicted octanol–water partition coefficient (Wildman–Crippen LogP) is 2.48. The first kappa shape index (κ1) is 9.77. The molecule has 0 aliphatic carbocycles. The van der Waals surface area contributed by atoms with E-state index in [1.165, 1.54) is 0 Å². The molecule has 0 radical (unpaired) electrons. The summed E-state index contributed by atoms with van der Waals surface area (Å²) in [6, 6.07) is 2.05. The second kappa shape index (κ2) is 3.25. The molecule has 0 saturated carbocycles. The Balaban J connectivity index is 4.11. The molecule has 2 unspecified atom stereocenters. The normalized spacial score (nSPS) is 19.2. The van der Waals surface area contributed by atoms with Gasteiger partial charge in [-0.1, -0.05) is 17.3 Å². The van der Waals surface area contributed by atoms with Crippen molar-refractivity contribution in [3.8, 4) is 6.07 Å². The van der Waals surface area contributed by atoms with Gasteiger partial charge in [0.15, 0.2) is 0 Å². The van der Waals surface area contributed by atoms with Crippen LogP contribution in [0.5, 0.6) is 0 Å². The van der Waals surface area contributed by atoms with Crippen LogP contribution >= 0.6 is 10.4 Å². The summed E-state index contributed by atoms with van der Waals surface area (Å²) in [6.45, 7) is 3.56. The van der Waals surface area contributed by atoms with Crippen molar-refractivity contribution in [1.29, 1.82) is 5.26 Å². The Hall–Kier alpha value is -0.230. The van der Waals surface area contributed by atoms with Crippen LogP contribution in [0.25, 0.3) is 0 Å². The first-order valence-corrected chi connectivity index (χ1v) is 5.62. The average Bonchev–Trinajstić information content (AvgIpc) is 1.83. The third-order valence-corrected chi connectivity index (χ3v) is 3.97. The largest absolute Gasteiger partial charge is 0.198 e. The Morgan fingerprint density at radius 3 is 1.90 bits per heavy atom. The Morgan fingerprint density at radius 2 is 1.80 bits per heavy atom. The molecular formula is C7H14FNS. The number of halogens is 1. The molecule has 0 amide bonds. The van der Waals surface area contributed by atoms with E-state index in [0.717, 1.165) is 0 Å². The van der Waals surface area contributed by atoms with Gasteiger partial charge in [0, 0.05) is 5.25 Å². The zero-order valence-corrected chi connectivity index (χ0v) is 7.70. The van der Waals surface area contributed by atoms with Crippen molar-refractivity contribution in [3.63, 3.8) is 0 Å². The Morgan fingerprint density at radius 1 is 1.40 bits per heavy atom. The van der Waals surface area contributed by atoms with E-state index in [2.05, 4.69) is 6.07 Å². The van der Waals surface area contributed by atoms with Crippen molar-refractivity contribution in [2.24, 2.45) is 5.92 Å². The van der Waals surface area contributed by atoms with Crippen LogP contribution in [0.3, 0.4) is 0 Å². The topological polar surface area (TPSA) is 23.8 Å². The van der Waals surface area contributed by atoms with Gasteiger partial charge in [0.05, 0.1) is 12.0 Å². The van der Waals surface area contributed by atoms with Crippen molar-refractivity contribution in [1.82, 2.24) is 0 Å². The zero-order chi connectivity index (χ0) is 8.36. The highest BCUT2D eigenvalue weighted by atomic mass is 32.3. The van der Waals surface area contributed by atoms with Crippen LogP contribution in [-0.4, -0.2) is 17.8 Å². The molecule has 0 fully saturated rings. The summed E-state index contributed by atoms with van der Waals surface area (Å²) in [5, 5.41) is 8.35. The van der Waals surface area contributed by atoms with Crippen molar-refractivity contribution in [2.45, 2.75) is 19.1 Å². The number of hydrogen-bond donors (Lipinski definition) is 0. The molecule has 0 spiro atoms. The van der Waals surface area contributed by atoms with E-state index in [9.17, 15) is 3.89 Å². The van der Waals surface area contributed by atoms with E-state index in [1.54, 1.807) is 26.4 Å². The number of nitriles is 1. The van der Waals surface area contributed by atoms with Gasteiger partial charge in [0.1, 0.15) is 0 Å². The second-order valence-electron chi connectivity index (χ2n) is 2.90. The molecule has 0 rings (SSSR count). The molecule has 10 heavy (non-hydrogen) atoms. The summed E-state index contributed by atoms with van der Waals surface area (Å²) in [6.07, 6.45) is 3.18. The fourth-order valence-corrected chi connectivity index (χ4v) is 1.62. The maximum atomic E-state index is 13.2. The Kier molecular flexibility index (Phi) is 3.17. The van der Waals surface area contributed by atoms with Crippen molar-refractivity contribution in [3.05, 3.63) is 0 Å². The molecule has 0 aliphatic heterocycles. The van der Waals surface area contributed by atoms with Gasteiger partial charge in [-0.15, -0.1) is 0 Å². The second-order valence-corrected chi connectivity index (χ2v) is 6.20. The smallest absolute Gasteiger partial charge is 0.0664 e. The minimum absolute atomic E-state index is 0.113. The Labute approximate surface area is 63.8 Å².